The zero-order valence-corrected chi connectivity index (χ0v) is 15.9. The SMILES string of the molecule is Cl.Cn1c(SCC(=O)NCc2ccccc2)nnc1C1CCCNC1. The number of hydrogen-bond acceptors (Lipinski definition) is 5. The van der Waals surface area contributed by atoms with Gasteiger partial charge in [-0.05, 0) is 24.9 Å². The molecule has 1 aliphatic heterocycles. The van der Waals surface area contributed by atoms with E-state index in [9.17, 15) is 4.79 Å². The largest absolute Gasteiger partial charge is 0.351 e. The fraction of sp³-hybridized carbons (Fsp3) is 0.471. The highest BCUT2D eigenvalue weighted by atomic mass is 35.5. The number of amides is 1. The van der Waals surface area contributed by atoms with Crippen molar-refractivity contribution in [3.63, 3.8) is 0 Å². The molecular weight excluding hydrogens is 358 g/mol. The van der Waals surface area contributed by atoms with Crippen LogP contribution >= 0.6 is 24.2 Å². The summed E-state index contributed by atoms with van der Waals surface area (Å²) in [5.41, 5.74) is 1.10. The monoisotopic (exact) mass is 381 g/mol. The second-order valence-corrected chi connectivity index (χ2v) is 6.94. The molecule has 1 fully saturated rings. The Hall–Kier alpha value is -1.57. The molecule has 136 valence electrons. The second-order valence-electron chi connectivity index (χ2n) is 5.99. The molecule has 2 N–H and O–H groups in total. The maximum absolute atomic E-state index is 12.0. The number of piperidine rings is 1. The fourth-order valence-corrected chi connectivity index (χ4v) is 3.61. The maximum atomic E-state index is 12.0. The van der Waals surface area contributed by atoms with E-state index < -0.39 is 0 Å². The molecule has 6 nitrogen and oxygen atoms in total. The van der Waals surface area contributed by atoms with Gasteiger partial charge in [0.05, 0.1) is 5.75 Å². The minimum Gasteiger partial charge on any atom is -0.351 e. The molecule has 1 atom stereocenters. The van der Waals surface area contributed by atoms with E-state index in [4.69, 9.17) is 0 Å². The number of halogens is 1. The van der Waals surface area contributed by atoms with Gasteiger partial charge in [-0.25, -0.2) is 0 Å². The van der Waals surface area contributed by atoms with Gasteiger partial charge in [-0.2, -0.15) is 0 Å². The third-order valence-electron chi connectivity index (χ3n) is 4.20. The van der Waals surface area contributed by atoms with E-state index in [0.717, 1.165) is 36.1 Å². The molecule has 3 rings (SSSR count). The van der Waals surface area contributed by atoms with Crippen LogP contribution in [0.25, 0.3) is 0 Å². The normalized spacial score (nSPS) is 16.9. The van der Waals surface area contributed by atoms with Gasteiger partial charge >= 0.3 is 0 Å². The summed E-state index contributed by atoms with van der Waals surface area (Å²) in [5.74, 6) is 1.78. The van der Waals surface area contributed by atoms with E-state index in [2.05, 4.69) is 20.8 Å². The Balaban J connectivity index is 0.00000225. The zero-order chi connectivity index (χ0) is 16.8. The number of nitrogens with zero attached hydrogens (tertiary/aromatic N) is 3. The Bertz CT molecular complexity index is 673. The van der Waals surface area contributed by atoms with Crippen molar-refractivity contribution in [3.8, 4) is 0 Å². The van der Waals surface area contributed by atoms with Crippen LogP contribution in [0.4, 0.5) is 0 Å². The van der Waals surface area contributed by atoms with Crippen molar-refractivity contribution in [1.82, 2.24) is 25.4 Å². The zero-order valence-electron chi connectivity index (χ0n) is 14.3. The molecule has 2 aromatic rings. The summed E-state index contributed by atoms with van der Waals surface area (Å²) in [4.78, 5) is 12.0. The predicted molar refractivity (Wildman–Crippen MR) is 102 cm³/mol. The molecule has 0 aliphatic carbocycles. The lowest BCUT2D eigenvalue weighted by atomic mass is 9.99. The fourth-order valence-electron chi connectivity index (χ4n) is 2.86. The summed E-state index contributed by atoms with van der Waals surface area (Å²) in [6.45, 7) is 2.59. The average Bonchev–Trinajstić information content (AvgIpc) is 3.00. The Morgan fingerprint density at radius 2 is 2.16 bits per heavy atom. The highest BCUT2D eigenvalue weighted by Crippen LogP contribution is 2.24. The van der Waals surface area contributed by atoms with Crippen molar-refractivity contribution in [1.29, 1.82) is 0 Å². The van der Waals surface area contributed by atoms with E-state index in [0.29, 0.717) is 18.2 Å². The molecule has 1 aliphatic rings. The van der Waals surface area contributed by atoms with Crippen molar-refractivity contribution in [3.05, 3.63) is 41.7 Å². The van der Waals surface area contributed by atoms with Crippen LogP contribution < -0.4 is 10.6 Å². The van der Waals surface area contributed by atoms with Gasteiger partial charge in [-0.3, -0.25) is 4.79 Å². The lowest BCUT2D eigenvalue weighted by Crippen LogP contribution is -2.29. The Labute approximate surface area is 158 Å². The van der Waals surface area contributed by atoms with Crippen LogP contribution in [-0.4, -0.2) is 39.5 Å². The first kappa shape index (κ1) is 19.8. The number of rotatable bonds is 6. The first-order valence-electron chi connectivity index (χ1n) is 8.27. The van der Waals surface area contributed by atoms with Crippen molar-refractivity contribution >= 4 is 30.1 Å². The van der Waals surface area contributed by atoms with E-state index in [1.165, 1.54) is 18.2 Å². The van der Waals surface area contributed by atoms with Crippen LogP contribution in [0.15, 0.2) is 35.5 Å². The minimum atomic E-state index is 0. The topological polar surface area (TPSA) is 71.8 Å². The Morgan fingerprint density at radius 3 is 2.88 bits per heavy atom. The van der Waals surface area contributed by atoms with Crippen molar-refractivity contribution in [2.24, 2.45) is 7.05 Å². The number of carbonyl (C=O) groups excluding carboxylic acids is 1. The molecule has 1 amide bonds. The summed E-state index contributed by atoms with van der Waals surface area (Å²) in [6, 6.07) is 9.91. The van der Waals surface area contributed by atoms with Crippen molar-refractivity contribution in [2.45, 2.75) is 30.5 Å². The van der Waals surface area contributed by atoms with Crippen molar-refractivity contribution in [2.75, 3.05) is 18.8 Å². The number of aromatic nitrogens is 3. The van der Waals surface area contributed by atoms with Crippen LogP contribution in [0.5, 0.6) is 0 Å². The quantitative estimate of drug-likeness (QED) is 0.750. The smallest absolute Gasteiger partial charge is 0.230 e. The van der Waals surface area contributed by atoms with Gasteiger partial charge in [0.2, 0.25) is 5.91 Å². The van der Waals surface area contributed by atoms with Gasteiger partial charge in [0, 0.05) is 26.1 Å². The van der Waals surface area contributed by atoms with Crippen LogP contribution in [0, 0.1) is 0 Å². The Kier molecular flexibility index (Phi) is 7.74. The summed E-state index contributed by atoms with van der Waals surface area (Å²) >= 11 is 1.43. The lowest BCUT2D eigenvalue weighted by Gasteiger charge is -2.21. The molecule has 0 bridgehead atoms. The second kappa shape index (κ2) is 9.79. The third-order valence-corrected chi connectivity index (χ3v) is 5.22. The molecule has 0 radical (unpaired) electrons. The highest BCUT2D eigenvalue weighted by molar-refractivity contribution is 7.99. The van der Waals surface area contributed by atoms with Gasteiger partial charge in [0.1, 0.15) is 5.82 Å². The summed E-state index contributed by atoms with van der Waals surface area (Å²) < 4.78 is 2.02. The van der Waals surface area contributed by atoms with E-state index in [-0.39, 0.29) is 18.3 Å². The minimum absolute atomic E-state index is 0. The lowest BCUT2D eigenvalue weighted by molar-refractivity contribution is -0.118. The molecule has 1 saturated heterocycles. The van der Waals surface area contributed by atoms with Gasteiger partial charge in [0.25, 0.3) is 0 Å². The third kappa shape index (κ3) is 5.45. The van der Waals surface area contributed by atoms with Crippen LogP contribution in [-0.2, 0) is 18.4 Å². The molecule has 2 heterocycles. The van der Waals surface area contributed by atoms with Gasteiger partial charge in [0.15, 0.2) is 5.16 Å². The van der Waals surface area contributed by atoms with E-state index in [1.807, 2.05) is 41.9 Å². The van der Waals surface area contributed by atoms with Gasteiger partial charge in [-0.15, -0.1) is 22.6 Å². The number of carbonyl (C=O) groups is 1. The molecule has 1 unspecified atom stereocenters. The summed E-state index contributed by atoms with van der Waals surface area (Å²) in [5, 5.41) is 15.7. The first-order chi connectivity index (χ1) is 11.7. The van der Waals surface area contributed by atoms with E-state index >= 15 is 0 Å². The van der Waals surface area contributed by atoms with E-state index in [1.54, 1.807) is 0 Å². The first-order valence-corrected chi connectivity index (χ1v) is 9.26. The van der Waals surface area contributed by atoms with Gasteiger partial charge in [-0.1, -0.05) is 42.1 Å². The molecule has 1 aromatic carbocycles. The summed E-state index contributed by atoms with van der Waals surface area (Å²) in [6.07, 6.45) is 2.31. The van der Waals surface area contributed by atoms with Crippen LogP contribution in [0.3, 0.4) is 0 Å². The molecule has 0 saturated carbocycles. The Morgan fingerprint density at radius 1 is 1.36 bits per heavy atom. The predicted octanol–water partition coefficient (Wildman–Crippen LogP) is 2.11. The van der Waals surface area contributed by atoms with Crippen LogP contribution in [0.1, 0.15) is 30.1 Å². The number of hydrogen-bond donors (Lipinski definition) is 2. The number of thioether (sulfide) groups is 1. The molecular formula is C17H24ClN5OS. The molecule has 8 heteroatoms. The van der Waals surface area contributed by atoms with Gasteiger partial charge < -0.3 is 15.2 Å². The van der Waals surface area contributed by atoms with Crippen molar-refractivity contribution < 1.29 is 4.79 Å². The molecule has 25 heavy (non-hydrogen) atoms. The highest BCUT2D eigenvalue weighted by Gasteiger charge is 2.21. The average molecular weight is 382 g/mol. The number of nitrogens with one attached hydrogen (secondary N) is 2. The number of benzene rings is 1. The summed E-state index contributed by atoms with van der Waals surface area (Å²) in [7, 11) is 1.98. The molecule has 0 spiro atoms. The maximum Gasteiger partial charge on any atom is 0.230 e. The van der Waals surface area contributed by atoms with Crippen LogP contribution in [0.2, 0.25) is 0 Å². The standard InChI is InChI=1S/C17H23N5OS.ClH/c1-22-16(14-8-5-9-18-11-14)20-21-17(22)24-12-15(23)19-10-13-6-3-2-4-7-13;/h2-4,6-7,14,18H,5,8-12H2,1H3,(H,19,23);1H. The molecule has 1 aromatic heterocycles.